The van der Waals surface area contributed by atoms with Crippen molar-refractivity contribution in [1.82, 2.24) is 14.8 Å². The van der Waals surface area contributed by atoms with Gasteiger partial charge in [0.1, 0.15) is 0 Å². The summed E-state index contributed by atoms with van der Waals surface area (Å²) in [4.78, 5) is 2.37. The lowest BCUT2D eigenvalue weighted by molar-refractivity contribution is 0.477. The molecule has 0 unspecified atom stereocenters. The van der Waals surface area contributed by atoms with Crippen LogP contribution >= 0.6 is 0 Å². The van der Waals surface area contributed by atoms with Gasteiger partial charge in [-0.2, -0.15) is 0 Å². The Morgan fingerprint density at radius 1 is 0.403 bits per heavy atom. The van der Waals surface area contributed by atoms with Crippen LogP contribution in [0.5, 0.6) is 11.5 Å². The van der Waals surface area contributed by atoms with Gasteiger partial charge in [0.05, 0.1) is 11.4 Å². The van der Waals surface area contributed by atoms with Crippen molar-refractivity contribution in [2.75, 3.05) is 4.90 Å². The van der Waals surface area contributed by atoms with Crippen LogP contribution in [-0.2, 0) is 5.41 Å². The second-order valence-electron chi connectivity index (χ2n) is 17.1. The minimum absolute atomic E-state index is 0.266. The predicted molar refractivity (Wildman–Crippen MR) is 255 cm³/mol. The SMILES string of the molecule is CC1(C)c2cc3c(cc2-c2cc4c5ccccc5c5ccccc5c4cc21)Oc1cc2ccccc2cc1N3c1ccc(-c2nnc(-c3ccccc3)n2-c2ccccc2)cc1. The second-order valence-corrected chi connectivity index (χ2v) is 17.1. The molecule has 0 saturated carbocycles. The molecule has 0 bridgehead atoms. The van der Waals surface area contributed by atoms with Crippen molar-refractivity contribution in [3.63, 3.8) is 0 Å². The predicted octanol–water partition coefficient (Wildman–Crippen LogP) is 15.1. The standard InChI is InChI=1S/C57H38N4O/c1-57(2)49-32-46-44-24-14-12-22-42(44)41-21-11-13-23-43(41)45(46)31-47(49)48-33-54-52(34-50(48)57)60(51-29-37-17-9-10-18-38(37)30-53(51)62-54)40-27-25-36(26-28-40)56-59-58-55(35-15-5-3-6-16-35)61(56)39-19-7-4-8-20-39/h3-34H,1-2H3. The molecule has 1 aromatic heterocycles. The van der Waals surface area contributed by atoms with Gasteiger partial charge in [-0.15, -0.1) is 10.2 Å². The van der Waals surface area contributed by atoms with Gasteiger partial charge in [-0.05, 0) is 138 Å². The number of hydrogen-bond acceptors (Lipinski definition) is 4. The number of fused-ring (bicyclic) bond motifs is 12. The maximum atomic E-state index is 7.00. The molecule has 292 valence electrons. The van der Waals surface area contributed by atoms with Crippen LogP contribution in [0, 0.1) is 0 Å². The van der Waals surface area contributed by atoms with Crippen LogP contribution in [0.1, 0.15) is 25.0 Å². The lowest BCUT2D eigenvalue weighted by Gasteiger charge is -2.34. The van der Waals surface area contributed by atoms with E-state index in [0.717, 1.165) is 67.8 Å². The number of rotatable bonds is 4. The molecule has 5 heteroatoms. The Balaban J connectivity index is 0.992. The molecule has 0 fully saturated rings. The molecule has 2 aliphatic rings. The van der Waals surface area contributed by atoms with Gasteiger partial charge in [0.25, 0.3) is 0 Å². The van der Waals surface area contributed by atoms with Crippen LogP contribution in [0.3, 0.4) is 0 Å². The minimum Gasteiger partial charge on any atom is -0.453 e. The monoisotopic (exact) mass is 794 g/mol. The largest absolute Gasteiger partial charge is 0.453 e. The Bertz CT molecular complexity index is 3630. The number of ether oxygens (including phenoxy) is 1. The van der Waals surface area contributed by atoms with E-state index in [2.05, 4.69) is 193 Å². The summed E-state index contributed by atoms with van der Waals surface area (Å²) in [5, 5.41) is 19.5. The summed E-state index contributed by atoms with van der Waals surface area (Å²) in [6, 6.07) is 69.5. The summed E-state index contributed by atoms with van der Waals surface area (Å²) in [6.07, 6.45) is 0. The molecule has 0 spiro atoms. The van der Waals surface area contributed by atoms with E-state index in [-0.39, 0.29) is 5.41 Å². The molecule has 0 atom stereocenters. The van der Waals surface area contributed by atoms with Gasteiger partial charge < -0.3 is 9.64 Å². The lowest BCUT2D eigenvalue weighted by atomic mass is 9.81. The summed E-state index contributed by atoms with van der Waals surface area (Å²) < 4.78 is 9.15. The van der Waals surface area contributed by atoms with Crippen LogP contribution in [0.4, 0.5) is 17.1 Å². The first kappa shape index (κ1) is 34.8. The average Bonchev–Trinajstić information content (AvgIpc) is 3.86. The van der Waals surface area contributed by atoms with Crippen molar-refractivity contribution in [3.8, 4) is 51.1 Å². The average molecular weight is 795 g/mol. The summed E-state index contributed by atoms with van der Waals surface area (Å²) >= 11 is 0. The number of aromatic nitrogens is 3. The highest BCUT2D eigenvalue weighted by molar-refractivity contribution is 6.26. The van der Waals surface area contributed by atoms with Gasteiger partial charge in [0.2, 0.25) is 0 Å². The molecule has 10 aromatic carbocycles. The highest BCUT2D eigenvalue weighted by atomic mass is 16.5. The zero-order chi connectivity index (χ0) is 41.1. The van der Waals surface area contributed by atoms with Crippen LogP contribution in [0.2, 0.25) is 0 Å². The normalized spacial score (nSPS) is 13.5. The van der Waals surface area contributed by atoms with E-state index in [4.69, 9.17) is 14.9 Å². The molecule has 13 rings (SSSR count). The Morgan fingerprint density at radius 2 is 0.887 bits per heavy atom. The number of anilines is 3. The third-order valence-electron chi connectivity index (χ3n) is 13.2. The molecule has 0 radical (unpaired) electrons. The van der Waals surface area contributed by atoms with Crippen molar-refractivity contribution in [2.24, 2.45) is 0 Å². The first-order valence-electron chi connectivity index (χ1n) is 21.2. The maximum absolute atomic E-state index is 7.00. The van der Waals surface area contributed by atoms with Gasteiger partial charge in [-0.1, -0.05) is 135 Å². The summed E-state index contributed by atoms with van der Waals surface area (Å²) in [7, 11) is 0. The summed E-state index contributed by atoms with van der Waals surface area (Å²) in [5.41, 5.74) is 10.9. The molecule has 2 heterocycles. The lowest BCUT2D eigenvalue weighted by Crippen LogP contribution is -2.19. The highest BCUT2D eigenvalue weighted by Gasteiger charge is 2.39. The molecule has 62 heavy (non-hydrogen) atoms. The third kappa shape index (κ3) is 5.02. The zero-order valence-corrected chi connectivity index (χ0v) is 34.2. The van der Waals surface area contributed by atoms with E-state index in [1.807, 2.05) is 24.3 Å². The smallest absolute Gasteiger partial charge is 0.168 e. The molecule has 5 nitrogen and oxygen atoms in total. The Kier molecular flexibility index (Phi) is 7.29. The van der Waals surface area contributed by atoms with Crippen LogP contribution < -0.4 is 9.64 Å². The van der Waals surface area contributed by atoms with Crippen molar-refractivity contribution in [2.45, 2.75) is 19.3 Å². The van der Waals surface area contributed by atoms with Gasteiger partial charge in [0.15, 0.2) is 23.1 Å². The fourth-order valence-corrected chi connectivity index (χ4v) is 10.2. The van der Waals surface area contributed by atoms with E-state index in [0.29, 0.717) is 0 Å². The van der Waals surface area contributed by atoms with Gasteiger partial charge in [0, 0.05) is 27.9 Å². The van der Waals surface area contributed by atoms with Crippen molar-refractivity contribution < 1.29 is 4.74 Å². The van der Waals surface area contributed by atoms with Crippen LogP contribution in [0.25, 0.3) is 82.7 Å². The molecule has 11 aromatic rings. The van der Waals surface area contributed by atoms with E-state index in [9.17, 15) is 0 Å². The summed E-state index contributed by atoms with van der Waals surface area (Å²) in [5.74, 6) is 3.23. The van der Waals surface area contributed by atoms with Crippen LogP contribution in [0.15, 0.2) is 194 Å². The molecular weight excluding hydrogens is 757 g/mol. The quantitative estimate of drug-likeness (QED) is 0.166. The van der Waals surface area contributed by atoms with Gasteiger partial charge in [-0.25, -0.2) is 0 Å². The molecular formula is C57H38N4O. The number of para-hydroxylation sites is 1. The van der Waals surface area contributed by atoms with Crippen molar-refractivity contribution >= 4 is 60.2 Å². The van der Waals surface area contributed by atoms with Crippen molar-refractivity contribution in [1.29, 1.82) is 0 Å². The number of hydrogen-bond donors (Lipinski definition) is 0. The van der Waals surface area contributed by atoms with Gasteiger partial charge >= 0.3 is 0 Å². The van der Waals surface area contributed by atoms with E-state index in [1.165, 1.54) is 54.6 Å². The molecule has 0 N–H and O–H groups in total. The molecule has 1 aliphatic heterocycles. The molecule has 0 amide bonds. The third-order valence-corrected chi connectivity index (χ3v) is 13.2. The molecule has 1 aliphatic carbocycles. The summed E-state index contributed by atoms with van der Waals surface area (Å²) in [6.45, 7) is 4.74. The number of nitrogens with zero attached hydrogens (tertiary/aromatic N) is 4. The fourth-order valence-electron chi connectivity index (χ4n) is 10.2. The Hall–Kier alpha value is -8.02. The van der Waals surface area contributed by atoms with E-state index in [1.54, 1.807) is 0 Å². The Morgan fingerprint density at radius 3 is 1.55 bits per heavy atom. The maximum Gasteiger partial charge on any atom is 0.168 e. The Labute approximate surface area is 358 Å². The zero-order valence-electron chi connectivity index (χ0n) is 34.2. The number of benzene rings is 10. The molecule has 0 saturated heterocycles. The minimum atomic E-state index is -0.266. The fraction of sp³-hybridized carbons (Fsp3) is 0.0526. The highest BCUT2D eigenvalue weighted by Crippen LogP contribution is 2.58. The second kappa shape index (κ2) is 13.0. The van der Waals surface area contributed by atoms with Crippen LogP contribution in [-0.4, -0.2) is 14.8 Å². The van der Waals surface area contributed by atoms with Crippen molar-refractivity contribution in [3.05, 3.63) is 205 Å². The van der Waals surface area contributed by atoms with E-state index >= 15 is 0 Å². The van der Waals surface area contributed by atoms with E-state index < -0.39 is 0 Å². The first-order chi connectivity index (χ1) is 30.5. The van der Waals surface area contributed by atoms with Gasteiger partial charge in [-0.3, -0.25) is 4.57 Å². The topological polar surface area (TPSA) is 43.2 Å². The first-order valence-corrected chi connectivity index (χ1v) is 21.2.